The number of carboxylic acids is 1. The van der Waals surface area contributed by atoms with Crippen LogP contribution >= 0.6 is 0 Å². The summed E-state index contributed by atoms with van der Waals surface area (Å²) in [5, 5.41) is 17.7. The fraction of sp³-hybridized carbons (Fsp3) is 0.462. The molecule has 1 aromatic rings. The summed E-state index contributed by atoms with van der Waals surface area (Å²) in [4.78, 5) is 10.8. The van der Waals surface area contributed by atoms with Crippen LogP contribution in [0.15, 0.2) is 23.1 Å². The summed E-state index contributed by atoms with van der Waals surface area (Å²) in [6.07, 6.45) is 3.90. The first-order valence-corrected chi connectivity index (χ1v) is 7.90. The number of benzene rings is 1. The molecule has 0 unspecified atom stereocenters. The van der Waals surface area contributed by atoms with Gasteiger partial charge in [0.2, 0.25) is 10.0 Å². The fourth-order valence-corrected chi connectivity index (χ4v) is 3.53. The minimum atomic E-state index is -3.94. The molecular weight excluding hydrogens is 282 g/mol. The Labute approximate surface area is 117 Å². The van der Waals surface area contributed by atoms with Crippen LogP contribution in [-0.4, -0.2) is 37.2 Å². The van der Waals surface area contributed by atoms with Crippen LogP contribution in [0.1, 0.15) is 24.0 Å². The molecule has 20 heavy (non-hydrogen) atoms. The van der Waals surface area contributed by atoms with Crippen molar-refractivity contribution in [2.24, 2.45) is 0 Å². The fourth-order valence-electron chi connectivity index (χ4n) is 2.30. The average molecular weight is 299 g/mol. The number of rotatable bonds is 5. The third-order valence-corrected chi connectivity index (χ3v) is 4.88. The highest BCUT2D eigenvalue weighted by Gasteiger charge is 2.25. The highest BCUT2D eigenvalue weighted by Crippen LogP contribution is 2.24. The van der Waals surface area contributed by atoms with Crippen molar-refractivity contribution < 1.29 is 23.4 Å². The molecule has 3 N–H and O–H groups in total. The first-order chi connectivity index (χ1) is 9.44. The second kappa shape index (κ2) is 5.90. The molecule has 6 nitrogen and oxygen atoms in total. The summed E-state index contributed by atoms with van der Waals surface area (Å²) in [7, 11) is -3.94. The zero-order valence-electron chi connectivity index (χ0n) is 10.9. The van der Waals surface area contributed by atoms with E-state index < -0.39 is 28.6 Å². The maximum absolute atomic E-state index is 12.1. The van der Waals surface area contributed by atoms with Crippen molar-refractivity contribution in [1.29, 1.82) is 0 Å². The van der Waals surface area contributed by atoms with Gasteiger partial charge in [-0.1, -0.05) is 6.07 Å². The van der Waals surface area contributed by atoms with Gasteiger partial charge in [-0.05, 0) is 48.9 Å². The molecule has 0 radical (unpaired) electrons. The van der Waals surface area contributed by atoms with Crippen molar-refractivity contribution >= 4 is 16.0 Å². The average Bonchev–Trinajstić information content (AvgIpc) is 2.44. The van der Waals surface area contributed by atoms with Crippen LogP contribution < -0.4 is 4.72 Å². The van der Waals surface area contributed by atoms with Gasteiger partial charge in [0.25, 0.3) is 0 Å². The van der Waals surface area contributed by atoms with Crippen molar-refractivity contribution in [3.05, 3.63) is 29.3 Å². The SMILES string of the molecule is O=C(O)[C@@H](CO)NS(=O)(=O)c1ccc2c(c1)CCCC2. The van der Waals surface area contributed by atoms with E-state index in [1.807, 2.05) is 4.72 Å². The first kappa shape index (κ1) is 15.0. The van der Waals surface area contributed by atoms with Gasteiger partial charge in [-0.2, -0.15) is 4.72 Å². The van der Waals surface area contributed by atoms with Gasteiger partial charge in [0, 0.05) is 0 Å². The summed E-state index contributed by atoms with van der Waals surface area (Å²) in [5.41, 5.74) is 2.14. The van der Waals surface area contributed by atoms with E-state index in [2.05, 4.69) is 0 Å². The van der Waals surface area contributed by atoms with Crippen molar-refractivity contribution in [3.63, 3.8) is 0 Å². The Bertz CT molecular complexity index is 611. The molecule has 0 spiro atoms. The quantitative estimate of drug-likeness (QED) is 0.725. The molecule has 0 amide bonds. The zero-order valence-corrected chi connectivity index (χ0v) is 11.7. The lowest BCUT2D eigenvalue weighted by Gasteiger charge is -2.17. The van der Waals surface area contributed by atoms with Gasteiger partial charge in [-0.3, -0.25) is 4.79 Å². The lowest BCUT2D eigenvalue weighted by molar-refractivity contribution is -0.139. The Morgan fingerprint density at radius 1 is 1.25 bits per heavy atom. The van der Waals surface area contributed by atoms with E-state index in [-0.39, 0.29) is 4.90 Å². The van der Waals surface area contributed by atoms with Gasteiger partial charge in [-0.25, -0.2) is 8.42 Å². The molecule has 0 bridgehead atoms. The molecule has 110 valence electrons. The van der Waals surface area contributed by atoms with Crippen LogP contribution in [-0.2, 0) is 27.7 Å². The minimum Gasteiger partial charge on any atom is -0.480 e. The van der Waals surface area contributed by atoms with E-state index >= 15 is 0 Å². The van der Waals surface area contributed by atoms with E-state index in [9.17, 15) is 13.2 Å². The molecule has 7 heteroatoms. The second-order valence-electron chi connectivity index (χ2n) is 4.83. The van der Waals surface area contributed by atoms with Crippen molar-refractivity contribution in [1.82, 2.24) is 4.72 Å². The molecule has 0 aliphatic heterocycles. The van der Waals surface area contributed by atoms with Crippen molar-refractivity contribution in [2.75, 3.05) is 6.61 Å². The van der Waals surface area contributed by atoms with E-state index in [1.165, 1.54) is 6.07 Å². The van der Waals surface area contributed by atoms with Crippen molar-refractivity contribution in [2.45, 2.75) is 36.6 Å². The smallest absolute Gasteiger partial charge is 0.324 e. The highest BCUT2D eigenvalue weighted by molar-refractivity contribution is 7.89. The number of hydrogen-bond acceptors (Lipinski definition) is 4. The summed E-state index contributed by atoms with van der Waals surface area (Å²) in [5.74, 6) is -1.41. The molecule has 1 aliphatic rings. The van der Waals surface area contributed by atoms with Gasteiger partial charge in [-0.15, -0.1) is 0 Å². The van der Waals surface area contributed by atoms with E-state index in [0.29, 0.717) is 0 Å². The topological polar surface area (TPSA) is 104 Å². The maximum atomic E-state index is 12.1. The number of carbonyl (C=O) groups is 1. The number of fused-ring (bicyclic) bond motifs is 1. The lowest BCUT2D eigenvalue weighted by Crippen LogP contribution is -2.43. The first-order valence-electron chi connectivity index (χ1n) is 6.42. The minimum absolute atomic E-state index is 0.0397. The van der Waals surface area contributed by atoms with Crippen LogP contribution in [0.25, 0.3) is 0 Å². The van der Waals surface area contributed by atoms with Crippen molar-refractivity contribution in [3.8, 4) is 0 Å². The standard InChI is InChI=1S/C13H17NO5S/c15-8-12(13(16)17)14-20(18,19)11-6-5-9-3-1-2-4-10(9)7-11/h5-7,12,14-15H,1-4,8H2,(H,16,17)/t12-/m1/s1. The molecule has 1 atom stereocenters. The zero-order chi connectivity index (χ0) is 14.8. The largest absolute Gasteiger partial charge is 0.480 e. The van der Waals surface area contributed by atoms with Crippen LogP contribution in [0.5, 0.6) is 0 Å². The number of nitrogens with one attached hydrogen (secondary N) is 1. The monoisotopic (exact) mass is 299 g/mol. The Morgan fingerprint density at radius 2 is 1.90 bits per heavy atom. The van der Waals surface area contributed by atoms with E-state index in [1.54, 1.807) is 12.1 Å². The third kappa shape index (κ3) is 3.17. The molecule has 0 heterocycles. The molecule has 0 saturated carbocycles. The summed E-state index contributed by atoms with van der Waals surface area (Å²) in [6.45, 7) is -0.792. The van der Waals surface area contributed by atoms with E-state index in [4.69, 9.17) is 10.2 Å². The maximum Gasteiger partial charge on any atom is 0.324 e. The predicted molar refractivity (Wildman–Crippen MR) is 71.9 cm³/mol. The Balaban J connectivity index is 2.27. The Kier molecular flexibility index (Phi) is 4.42. The van der Waals surface area contributed by atoms with Gasteiger partial charge in [0.05, 0.1) is 11.5 Å². The molecule has 0 saturated heterocycles. The summed E-state index contributed by atoms with van der Waals surface area (Å²) in [6, 6.07) is 3.31. The van der Waals surface area contributed by atoms with Gasteiger partial charge in [0.1, 0.15) is 6.04 Å². The predicted octanol–water partition coefficient (Wildman–Crippen LogP) is 0.289. The molecule has 2 rings (SSSR count). The molecular formula is C13H17NO5S. The number of aliphatic hydroxyl groups is 1. The van der Waals surface area contributed by atoms with Gasteiger partial charge in [0.15, 0.2) is 0 Å². The number of hydrogen-bond donors (Lipinski definition) is 3. The van der Waals surface area contributed by atoms with Gasteiger partial charge >= 0.3 is 5.97 Å². The Hall–Kier alpha value is -1.44. The molecule has 1 aliphatic carbocycles. The number of aliphatic hydroxyl groups excluding tert-OH is 1. The number of aliphatic carboxylic acids is 1. The molecule has 0 aromatic heterocycles. The third-order valence-electron chi connectivity index (χ3n) is 3.41. The molecule has 1 aromatic carbocycles. The lowest BCUT2D eigenvalue weighted by atomic mass is 9.92. The van der Waals surface area contributed by atoms with E-state index in [0.717, 1.165) is 36.8 Å². The number of aryl methyl sites for hydroxylation is 2. The normalized spacial score (nSPS) is 16.4. The Morgan fingerprint density at radius 3 is 2.50 bits per heavy atom. The van der Waals surface area contributed by atoms with Crippen LogP contribution in [0.2, 0.25) is 0 Å². The van der Waals surface area contributed by atoms with Gasteiger partial charge < -0.3 is 10.2 Å². The van der Waals surface area contributed by atoms with Crippen LogP contribution in [0.3, 0.4) is 0 Å². The number of sulfonamides is 1. The summed E-state index contributed by atoms with van der Waals surface area (Å²) >= 11 is 0. The highest BCUT2D eigenvalue weighted by atomic mass is 32.2. The van der Waals surface area contributed by atoms with Crippen LogP contribution in [0, 0.1) is 0 Å². The second-order valence-corrected chi connectivity index (χ2v) is 6.55. The van der Waals surface area contributed by atoms with Crippen LogP contribution in [0.4, 0.5) is 0 Å². The summed E-state index contributed by atoms with van der Waals surface area (Å²) < 4.78 is 26.2. The molecule has 0 fully saturated rings. The number of carboxylic acid groups (broad SMARTS) is 1.